The predicted molar refractivity (Wildman–Crippen MR) is 64.9 cm³/mol. The number of piperazine rings is 1. The maximum Gasteiger partial charge on any atom is 0.0547 e. The molecule has 4 nitrogen and oxygen atoms in total. The van der Waals surface area contributed by atoms with Gasteiger partial charge in [-0.1, -0.05) is 0 Å². The van der Waals surface area contributed by atoms with E-state index >= 15 is 0 Å². The molecular formula is C12H20N4. The van der Waals surface area contributed by atoms with Gasteiger partial charge in [-0.25, -0.2) is 0 Å². The van der Waals surface area contributed by atoms with Gasteiger partial charge in [-0.05, 0) is 24.7 Å². The zero-order valence-corrected chi connectivity index (χ0v) is 9.89. The average Bonchev–Trinajstić information content (AvgIpc) is 2.32. The highest BCUT2D eigenvalue weighted by Gasteiger charge is 2.14. The average molecular weight is 220 g/mol. The molecule has 1 aliphatic heterocycles. The van der Waals surface area contributed by atoms with E-state index in [0.717, 1.165) is 38.4 Å². The van der Waals surface area contributed by atoms with Crippen molar-refractivity contribution >= 4 is 0 Å². The standard InChI is InChI=1S/C12H20N4/c1-15-4-6-16(7-5-15)10-12-8-11(9-13)2-3-14-12/h2-3,8H,4-7,9-10,13H2,1H3. The highest BCUT2D eigenvalue weighted by molar-refractivity contribution is 5.16. The fourth-order valence-corrected chi connectivity index (χ4v) is 1.98. The molecule has 0 aliphatic carbocycles. The summed E-state index contributed by atoms with van der Waals surface area (Å²) in [4.78, 5) is 9.20. The number of aromatic nitrogens is 1. The van der Waals surface area contributed by atoms with E-state index in [9.17, 15) is 0 Å². The van der Waals surface area contributed by atoms with Gasteiger partial charge in [0.25, 0.3) is 0 Å². The highest BCUT2D eigenvalue weighted by Crippen LogP contribution is 2.07. The largest absolute Gasteiger partial charge is 0.326 e. The fourth-order valence-electron chi connectivity index (χ4n) is 1.98. The Balaban J connectivity index is 1.93. The van der Waals surface area contributed by atoms with Crippen molar-refractivity contribution in [3.63, 3.8) is 0 Å². The van der Waals surface area contributed by atoms with Crippen LogP contribution in [0.15, 0.2) is 18.3 Å². The van der Waals surface area contributed by atoms with Crippen molar-refractivity contribution in [1.29, 1.82) is 0 Å². The molecule has 0 saturated carbocycles. The SMILES string of the molecule is CN1CCN(Cc2cc(CN)ccn2)CC1. The van der Waals surface area contributed by atoms with E-state index in [-0.39, 0.29) is 0 Å². The van der Waals surface area contributed by atoms with Crippen molar-refractivity contribution in [3.05, 3.63) is 29.6 Å². The normalized spacial score (nSPS) is 18.9. The van der Waals surface area contributed by atoms with Crippen molar-refractivity contribution in [2.45, 2.75) is 13.1 Å². The second kappa shape index (κ2) is 5.39. The molecule has 0 bridgehead atoms. The minimum absolute atomic E-state index is 0.595. The Morgan fingerprint density at radius 1 is 1.31 bits per heavy atom. The predicted octanol–water partition coefficient (Wildman–Crippen LogP) is 0.288. The lowest BCUT2D eigenvalue weighted by Gasteiger charge is -2.32. The van der Waals surface area contributed by atoms with Crippen LogP contribution in [0.4, 0.5) is 0 Å². The van der Waals surface area contributed by atoms with Crippen molar-refractivity contribution in [2.75, 3.05) is 33.2 Å². The molecule has 2 N–H and O–H groups in total. The summed E-state index contributed by atoms with van der Waals surface area (Å²) in [5.74, 6) is 0. The Morgan fingerprint density at radius 3 is 2.75 bits per heavy atom. The van der Waals surface area contributed by atoms with Crippen molar-refractivity contribution in [1.82, 2.24) is 14.8 Å². The van der Waals surface area contributed by atoms with E-state index in [1.54, 1.807) is 0 Å². The van der Waals surface area contributed by atoms with E-state index in [1.165, 1.54) is 5.56 Å². The lowest BCUT2D eigenvalue weighted by Crippen LogP contribution is -2.44. The van der Waals surface area contributed by atoms with Crippen LogP contribution in [-0.4, -0.2) is 48.0 Å². The Bertz CT molecular complexity index is 332. The van der Waals surface area contributed by atoms with Crippen LogP contribution in [0.1, 0.15) is 11.3 Å². The fraction of sp³-hybridized carbons (Fsp3) is 0.583. The molecule has 0 unspecified atom stereocenters. The van der Waals surface area contributed by atoms with E-state index in [2.05, 4.69) is 27.9 Å². The van der Waals surface area contributed by atoms with Crippen LogP contribution in [0.2, 0.25) is 0 Å². The number of pyridine rings is 1. The maximum atomic E-state index is 5.62. The minimum Gasteiger partial charge on any atom is -0.326 e. The van der Waals surface area contributed by atoms with Gasteiger partial charge in [0.05, 0.1) is 5.69 Å². The molecule has 1 saturated heterocycles. The summed E-state index contributed by atoms with van der Waals surface area (Å²) in [6.07, 6.45) is 1.85. The van der Waals surface area contributed by atoms with Crippen LogP contribution >= 0.6 is 0 Å². The van der Waals surface area contributed by atoms with Crippen molar-refractivity contribution < 1.29 is 0 Å². The highest BCUT2D eigenvalue weighted by atomic mass is 15.2. The zero-order chi connectivity index (χ0) is 11.4. The molecule has 1 fully saturated rings. The summed E-state index contributed by atoms with van der Waals surface area (Å²) in [7, 11) is 2.17. The van der Waals surface area contributed by atoms with Gasteiger partial charge < -0.3 is 10.6 Å². The monoisotopic (exact) mass is 220 g/mol. The topological polar surface area (TPSA) is 45.4 Å². The molecule has 2 heterocycles. The van der Waals surface area contributed by atoms with Gasteiger partial charge in [-0.15, -0.1) is 0 Å². The number of likely N-dealkylation sites (N-methyl/N-ethyl adjacent to an activating group) is 1. The zero-order valence-electron chi connectivity index (χ0n) is 9.89. The van der Waals surface area contributed by atoms with Crippen LogP contribution in [0.25, 0.3) is 0 Å². The van der Waals surface area contributed by atoms with Crippen molar-refractivity contribution in [2.24, 2.45) is 5.73 Å². The molecule has 0 aromatic carbocycles. The van der Waals surface area contributed by atoms with E-state index in [1.807, 2.05) is 12.3 Å². The molecule has 1 aromatic rings. The van der Waals surface area contributed by atoms with Gasteiger partial charge in [0.1, 0.15) is 0 Å². The van der Waals surface area contributed by atoms with Crippen LogP contribution in [0, 0.1) is 0 Å². The quantitative estimate of drug-likeness (QED) is 0.795. The Morgan fingerprint density at radius 2 is 2.06 bits per heavy atom. The first kappa shape index (κ1) is 11.5. The first-order valence-corrected chi connectivity index (χ1v) is 5.82. The first-order chi connectivity index (χ1) is 7.78. The van der Waals surface area contributed by atoms with Gasteiger partial charge in [-0.2, -0.15) is 0 Å². The van der Waals surface area contributed by atoms with Crippen LogP contribution in [0.3, 0.4) is 0 Å². The summed E-state index contributed by atoms with van der Waals surface area (Å²) >= 11 is 0. The summed E-state index contributed by atoms with van der Waals surface area (Å²) in [6, 6.07) is 4.09. The third-order valence-corrected chi connectivity index (χ3v) is 3.10. The minimum atomic E-state index is 0.595. The molecule has 0 atom stereocenters. The molecule has 16 heavy (non-hydrogen) atoms. The summed E-state index contributed by atoms with van der Waals surface area (Å²) in [5, 5.41) is 0. The molecule has 0 radical (unpaired) electrons. The molecule has 4 heteroatoms. The van der Waals surface area contributed by atoms with Gasteiger partial charge >= 0.3 is 0 Å². The molecule has 1 aromatic heterocycles. The number of hydrogen-bond acceptors (Lipinski definition) is 4. The molecule has 0 amide bonds. The maximum absolute atomic E-state index is 5.62. The molecule has 0 spiro atoms. The summed E-state index contributed by atoms with van der Waals surface area (Å²) in [5.41, 5.74) is 7.92. The van der Waals surface area contributed by atoms with E-state index < -0.39 is 0 Å². The van der Waals surface area contributed by atoms with Crippen molar-refractivity contribution in [3.8, 4) is 0 Å². The second-order valence-corrected chi connectivity index (χ2v) is 4.44. The summed E-state index contributed by atoms with van der Waals surface area (Å²) < 4.78 is 0. The van der Waals surface area contributed by atoms with Crippen LogP contribution in [-0.2, 0) is 13.1 Å². The number of hydrogen-bond donors (Lipinski definition) is 1. The Labute approximate surface area is 97.1 Å². The smallest absolute Gasteiger partial charge is 0.0547 e. The Kier molecular flexibility index (Phi) is 3.88. The number of nitrogens with zero attached hydrogens (tertiary/aromatic N) is 3. The van der Waals surface area contributed by atoms with Gasteiger partial charge in [0, 0.05) is 45.5 Å². The third-order valence-electron chi connectivity index (χ3n) is 3.10. The summed E-state index contributed by atoms with van der Waals surface area (Å²) in [6.45, 7) is 6.10. The van der Waals surface area contributed by atoms with E-state index in [0.29, 0.717) is 6.54 Å². The number of nitrogens with two attached hydrogens (primary N) is 1. The van der Waals surface area contributed by atoms with Gasteiger partial charge in [0.2, 0.25) is 0 Å². The van der Waals surface area contributed by atoms with Crippen LogP contribution in [0.5, 0.6) is 0 Å². The molecular weight excluding hydrogens is 200 g/mol. The molecule has 88 valence electrons. The van der Waals surface area contributed by atoms with Gasteiger partial charge in [-0.3, -0.25) is 9.88 Å². The lowest BCUT2D eigenvalue weighted by atomic mass is 10.2. The number of rotatable bonds is 3. The molecule has 1 aliphatic rings. The first-order valence-electron chi connectivity index (χ1n) is 5.82. The van der Waals surface area contributed by atoms with E-state index in [4.69, 9.17) is 5.73 Å². The van der Waals surface area contributed by atoms with Gasteiger partial charge in [0.15, 0.2) is 0 Å². The van der Waals surface area contributed by atoms with Crippen LogP contribution < -0.4 is 5.73 Å². The third kappa shape index (κ3) is 3.01. The lowest BCUT2D eigenvalue weighted by molar-refractivity contribution is 0.147. The molecule has 2 rings (SSSR count). The Hall–Kier alpha value is -0.970. The second-order valence-electron chi connectivity index (χ2n) is 4.44.